The molecule has 0 amide bonds. The molecule has 0 unspecified atom stereocenters. The number of hydrogen-bond acceptors (Lipinski definition) is 3. The van der Waals surface area contributed by atoms with Crippen LogP contribution in [0.1, 0.15) is 49.3 Å². The Morgan fingerprint density at radius 2 is 2.15 bits per heavy atom. The van der Waals surface area contributed by atoms with E-state index >= 15 is 0 Å². The lowest BCUT2D eigenvalue weighted by atomic mass is 9.99. The van der Waals surface area contributed by atoms with E-state index in [4.69, 9.17) is 10.9 Å². The van der Waals surface area contributed by atoms with Gasteiger partial charge >= 0.3 is 0 Å². The summed E-state index contributed by atoms with van der Waals surface area (Å²) in [6, 6.07) is 6.49. The van der Waals surface area contributed by atoms with Crippen molar-refractivity contribution in [3.63, 3.8) is 0 Å². The van der Waals surface area contributed by atoms with Gasteiger partial charge in [0.2, 0.25) is 0 Å². The van der Waals surface area contributed by atoms with Crippen LogP contribution in [0, 0.1) is 12.8 Å². The Kier molecular flexibility index (Phi) is 5.01. The maximum Gasteiger partial charge on any atom is 0.170 e. The molecule has 0 heterocycles. The fourth-order valence-electron chi connectivity index (χ4n) is 3.01. The molecule has 0 aliphatic heterocycles. The Labute approximate surface area is 121 Å². The molecule has 4 nitrogen and oxygen atoms in total. The Morgan fingerprint density at radius 3 is 2.75 bits per heavy atom. The zero-order valence-corrected chi connectivity index (χ0v) is 12.4. The summed E-state index contributed by atoms with van der Waals surface area (Å²) in [5.74, 6) is 0.985. The van der Waals surface area contributed by atoms with E-state index in [9.17, 15) is 0 Å². The van der Waals surface area contributed by atoms with Gasteiger partial charge < -0.3 is 16.3 Å². The van der Waals surface area contributed by atoms with Gasteiger partial charge in [0, 0.05) is 18.2 Å². The number of nitrogens with one attached hydrogen (secondary N) is 1. The summed E-state index contributed by atoms with van der Waals surface area (Å²) in [6.45, 7) is 5.22. The van der Waals surface area contributed by atoms with Crippen LogP contribution in [0.4, 0.5) is 0 Å². The smallest absolute Gasteiger partial charge is 0.170 e. The number of aryl methyl sites for hydroxylation is 1. The summed E-state index contributed by atoms with van der Waals surface area (Å²) in [5.41, 5.74) is 8.80. The third-order valence-corrected chi connectivity index (χ3v) is 4.47. The van der Waals surface area contributed by atoms with Crippen LogP contribution in [-0.2, 0) is 6.54 Å². The van der Waals surface area contributed by atoms with Crippen molar-refractivity contribution in [3.8, 4) is 0 Å². The molecule has 0 spiro atoms. The molecule has 1 aliphatic carbocycles. The number of amidine groups is 1. The monoisotopic (exact) mass is 275 g/mol. The second-order valence-corrected chi connectivity index (χ2v) is 5.84. The molecule has 20 heavy (non-hydrogen) atoms. The zero-order chi connectivity index (χ0) is 14.5. The molecular formula is C16H25N3O. The second-order valence-electron chi connectivity index (χ2n) is 5.84. The molecule has 0 saturated heterocycles. The fraction of sp³-hybridized carbons (Fsp3) is 0.562. The molecule has 1 atom stereocenters. The first-order valence-corrected chi connectivity index (χ1v) is 7.42. The molecule has 4 heteroatoms. The molecular weight excluding hydrogens is 250 g/mol. The van der Waals surface area contributed by atoms with E-state index in [0.29, 0.717) is 6.04 Å². The lowest BCUT2D eigenvalue weighted by molar-refractivity contribution is 0.318. The van der Waals surface area contributed by atoms with Gasteiger partial charge in [-0.1, -0.05) is 30.1 Å². The number of benzene rings is 1. The first-order valence-electron chi connectivity index (χ1n) is 7.42. The summed E-state index contributed by atoms with van der Waals surface area (Å²) in [6.07, 6.45) is 5.47. The number of oxime groups is 1. The van der Waals surface area contributed by atoms with Crippen LogP contribution in [-0.4, -0.2) is 17.1 Å². The normalized spacial score (nSPS) is 18.4. The average Bonchev–Trinajstić information content (AvgIpc) is 2.99. The molecule has 1 aliphatic rings. The van der Waals surface area contributed by atoms with Crippen molar-refractivity contribution >= 4 is 5.84 Å². The van der Waals surface area contributed by atoms with E-state index in [2.05, 4.69) is 30.4 Å². The summed E-state index contributed by atoms with van der Waals surface area (Å²) in [7, 11) is 0. The molecule has 1 saturated carbocycles. The third kappa shape index (κ3) is 3.51. The summed E-state index contributed by atoms with van der Waals surface area (Å²) >= 11 is 0. The highest BCUT2D eigenvalue weighted by Crippen LogP contribution is 2.27. The Morgan fingerprint density at radius 1 is 1.45 bits per heavy atom. The highest BCUT2D eigenvalue weighted by Gasteiger charge is 2.20. The average molecular weight is 275 g/mol. The molecule has 1 aromatic carbocycles. The van der Waals surface area contributed by atoms with Crippen LogP contribution < -0.4 is 11.1 Å². The van der Waals surface area contributed by atoms with Gasteiger partial charge in [-0.3, -0.25) is 0 Å². The minimum absolute atomic E-state index is 0.159. The van der Waals surface area contributed by atoms with Crippen LogP contribution in [0.25, 0.3) is 0 Å². The summed E-state index contributed by atoms with van der Waals surface area (Å²) in [4.78, 5) is 0. The number of hydrogen-bond donors (Lipinski definition) is 3. The van der Waals surface area contributed by atoms with Crippen molar-refractivity contribution in [2.75, 3.05) is 0 Å². The molecule has 2 rings (SSSR count). The van der Waals surface area contributed by atoms with Crippen LogP contribution in [0.5, 0.6) is 0 Å². The highest BCUT2D eigenvalue weighted by atomic mass is 16.4. The van der Waals surface area contributed by atoms with Gasteiger partial charge in [-0.2, -0.15) is 0 Å². The van der Waals surface area contributed by atoms with Crippen molar-refractivity contribution in [1.29, 1.82) is 0 Å². The first-order chi connectivity index (χ1) is 9.61. The van der Waals surface area contributed by atoms with Crippen molar-refractivity contribution in [2.24, 2.45) is 16.8 Å². The minimum atomic E-state index is 0.159. The summed E-state index contributed by atoms with van der Waals surface area (Å²) in [5, 5.41) is 15.4. The van der Waals surface area contributed by atoms with E-state index in [1.807, 2.05) is 12.1 Å². The van der Waals surface area contributed by atoms with Gasteiger partial charge in [-0.25, -0.2) is 0 Å². The standard InChI is InChI=1S/C16H25N3O/c1-11-9-14(16(17)19-20)7-8-15(11)10-18-12(2)13-5-3-4-6-13/h7-9,12-13,18,20H,3-6,10H2,1-2H3,(H2,17,19)/t12-/m0/s1. The highest BCUT2D eigenvalue weighted by molar-refractivity contribution is 5.97. The molecule has 1 fully saturated rings. The quantitative estimate of drug-likeness (QED) is 0.335. The van der Waals surface area contributed by atoms with Gasteiger partial charge in [-0.05, 0) is 49.8 Å². The lowest BCUT2D eigenvalue weighted by Crippen LogP contribution is -2.32. The summed E-state index contributed by atoms with van der Waals surface area (Å²) < 4.78 is 0. The topological polar surface area (TPSA) is 70.6 Å². The maximum atomic E-state index is 8.70. The molecule has 4 N–H and O–H groups in total. The van der Waals surface area contributed by atoms with Crippen molar-refractivity contribution < 1.29 is 5.21 Å². The SMILES string of the molecule is Cc1cc(/C(N)=N/O)ccc1CN[C@@H](C)C1CCCC1. The maximum absolute atomic E-state index is 8.70. The van der Waals surface area contributed by atoms with Gasteiger partial charge in [0.05, 0.1) is 0 Å². The van der Waals surface area contributed by atoms with Crippen molar-refractivity contribution in [2.45, 2.75) is 52.1 Å². The van der Waals surface area contributed by atoms with Crippen LogP contribution >= 0.6 is 0 Å². The van der Waals surface area contributed by atoms with E-state index in [1.54, 1.807) is 0 Å². The molecule has 110 valence electrons. The van der Waals surface area contributed by atoms with Crippen LogP contribution in [0.3, 0.4) is 0 Å². The second kappa shape index (κ2) is 6.75. The van der Waals surface area contributed by atoms with Gasteiger partial charge in [0.15, 0.2) is 5.84 Å². The predicted molar refractivity (Wildman–Crippen MR) is 81.9 cm³/mol. The molecule has 0 aromatic heterocycles. The van der Waals surface area contributed by atoms with Crippen molar-refractivity contribution in [3.05, 3.63) is 34.9 Å². The Hall–Kier alpha value is -1.55. The molecule has 1 aromatic rings. The largest absolute Gasteiger partial charge is 0.409 e. The van der Waals surface area contributed by atoms with Crippen LogP contribution in [0.2, 0.25) is 0 Å². The molecule has 0 bridgehead atoms. The number of nitrogens with two attached hydrogens (primary N) is 1. The number of nitrogens with zero attached hydrogens (tertiary/aromatic N) is 1. The van der Waals surface area contributed by atoms with E-state index in [0.717, 1.165) is 18.0 Å². The van der Waals surface area contributed by atoms with Crippen molar-refractivity contribution in [1.82, 2.24) is 5.32 Å². The van der Waals surface area contributed by atoms with Gasteiger partial charge in [0.25, 0.3) is 0 Å². The predicted octanol–water partition coefficient (Wildman–Crippen LogP) is 2.76. The lowest BCUT2D eigenvalue weighted by Gasteiger charge is -2.21. The fourth-order valence-corrected chi connectivity index (χ4v) is 3.01. The Balaban J connectivity index is 1.96. The van der Waals surface area contributed by atoms with E-state index < -0.39 is 0 Å². The van der Waals surface area contributed by atoms with Gasteiger partial charge in [-0.15, -0.1) is 0 Å². The van der Waals surface area contributed by atoms with E-state index in [-0.39, 0.29) is 5.84 Å². The third-order valence-electron chi connectivity index (χ3n) is 4.47. The number of rotatable bonds is 5. The molecule has 0 radical (unpaired) electrons. The zero-order valence-electron chi connectivity index (χ0n) is 12.4. The Bertz CT molecular complexity index is 479. The van der Waals surface area contributed by atoms with E-state index in [1.165, 1.54) is 36.8 Å². The van der Waals surface area contributed by atoms with Gasteiger partial charge in [0.1, 0.15) is 0 Å². The minimum Gasteiger partial charge on any atom is -0.409 e. The first kappa shape index (κ1) is 14.9. The van der Waals surface area contributed by atoms with Crippen LogP contribution in [0.15, 0.2) is 23.4 Å².